The third-order valence-corrected chi connectivity index (χ3v) is 3.23. The van der Waals surface area contributed by atoms with E-state index in [1.807, 2.05) is 24.7 Å². The van der Waals surface area contributed by atoms with Crippen LogP contribution >= 0.6 is 0 Å². The Balaban J connectivity index is 1.86. The first-order valence-corrected chi connectivity index (χ1v) is 5.81. The van der Waals surface area contributed by atoms with E-state index >= 15 is 0 Å². The van der Waals surface area contributed by atoms with Gasteiger partial charge < -0.3 is 9.88 Å². The second-order valence-corrected chi connectivity index (χ2v) is 4.31. The maximum atomic E-state index is 13.6. The highest BCUT2D eigenvalue weighted by Gasteiger charge is 2.20. The summed E-state index contributed by atoms with van der Waals surface area (Å²) in [5.74, 6) is -0.133. The van der Waals surface area contributed by atoms with Crippen LogP contribution in [0.15, 0.2) is 36.8 Å². The zero-order valence-electron chi connectivity index (χ0n) is 9.44. The summed E-state index contributed by atoms with van der Waals surface area (Å²) < 4.78 is 15.7. The Morgan fingerprint density at radius 3 is 3.18 bits per heavy atom. The summed E-state index contributed by atoms with van der Waals surface area (Å²) >= 11 is 0. The fourth-order valence-corrected chi connectivity index (χ4v) is 2.33. The number of benzene rings is 1. The number of imidazole rings is 1. The van der Waals surface area contributed by atoms with Crippen LogP contribution in [0.1, 0.15) is 17.3 Å². The topological polar surface area (TPSA) is 29.9 Å². The molecule has 0 saturated carbocycles. The van der Waals surface area contributed by atoms with Crippen LogP contribution in [-0.4, -0.2) is 16.1 Å². The van der Waals surface area contributed by atoms with Gasteiger partial charge in [0, 0.05) is 19.3 Å². The van der Waals surface area contributed by atoms with Crippen molar-refractivity contribution in [3.05, 3.63) is 53.9 Å². The SMILES string of the molecule is Fc1ccccc1CC1NCCn2cncc21. The first-order valence-electron chi connectivity index (χ1n) is 5.81. The number of hydrogen-bond acceptors (Lipinski definition) is 2. The Morgan fingerprint density at radius 1 is 1.41 bits per heavy atom. The minimum atomic E-state index is -0.133. The number of nitrogens with one attached hydrogen (secondary N) is 1. The molecule has 1 N–H and O–H groups in total. The Kier molecular flexibility index (Phi) is 2.65. The maximum absolute atomic E-state index is 13.6. The van der Waals surface area contributed by atoms with E-state index in [1.54, 1.807) is 6.07 Å². The summed E-state index contributed by atoms with van der Waals surface area (Å²) in [4.78, 5) is 4.15. The van der Waals surface area contributed by atoms with Crippen LogP contribution in [0.4, 0.5) is 4.39 Å². The van der Waals surface area contributed by atoms with Crippen molar-refractivity contribution in [2.24, 2.45) is 0 Å². The van der Waals surface area contributed by atoms with Gasteiger partial charge in [0.25, 0.3) is 0 Å². The molecule has 1 aliphatic rings. The summed E-state index contributed by atoms with van der Waals surface area (Å²) in [6.45, 7) is 1.84. The molecule has 1 atom stereocenters. The van der Waals surface area contributed by atoms with E-state index in [0.717, 1.165) is 24.3 Å². The van der Waals surface area contributed by atoms with E-state index in [2.05, 4.69) is 14.9 Å². The minimum Gasteiger partial charge on any atom is -0.332 e. The maximum Gasteiger partial charge on any atom is 0.126 e. The van der Waals surface area contributed by atoms with Gasteiger partial charge in [-0.1, -0.05) is 18.2 Å². The highest BCUT2D eigenvalue weighted by atomic mass is 19.1. The van der Waals surface area contributed by atoms with E-state index in [4.69, 9.17) is 0 Å². The molecule has 1 aromatic carbocycles. The van der Waals surface area contributed by atoms with Crippen LogP contribution in [-0.2, 0) is 13.0 Å². The normalized spacial score (nSPS) is 19.0. The molecule has 0 spiro atoms. The van der Waals surface area contributed by atoms with Crippen molar-refractivity contribution in [2.75, 3.05) is 6.54 Å². The van der Waals surface area contributed by atoms with Gasteiger partial charge in [0.1, 0.15) is 5.82 Å². The second-order valence-electron chi connectivity index (χ2n) is 4.31. The first kappa shape index (κ1) is 10.5. The summed E-state index contributed by atoms with van der Waals surface area (Å²) in [6, 6.07) is 7.10. The van der Waals surface area contributed by atoms with Crippen LogP contribution in [0.2, 0.25) is 0 Å². The summed E-state index contributed by atoms with van der Waals surface area (Å²) in [7, 11) is 0. The molecular formula is C13H14FN3. The van der Waals surface area contributed by atoms with Gasteiger partial charge in [-0.15, -0.1) is 0 Å². The van der Waals surface area contributed by atoms with Gasteiger partial charge in [0.05, 0.1) is 18.1 Å². The fourth-order valence-electron chi connectivity index (χ4n) is 2.33. The second kappa shape index (κ2) is 4.30. The monoisotopic (exact) mass is 231 g/mol. The predicted molar refractivity (Wildman–Crippen MR) is 63.1 cm³/mol. The number of aromatic nitrogens is 2. The first-order chi connectivity index (χ1) is 8.34. The summed E-state index contributed by atoms with van der Waals surface area (Å²) in [6.07, 6.45) is 4.36. The van der Waals surface area contributed by atoms with Gasteiger partial charge in [-0.2, -0.15) is 0 Å². The van der Waals surface area contributed by atoms with Crippen molar-refractivity contribution in [2.45, 2.75) is 19.0 Å². The number of nitrogens with zero attached hydrogens (tertiary/aromatic N) is 2. The highest BCUT2D eigenvalue weighted by Crippen LogP contribution is 2.22. The third-order valence-electron chi connectivity index (χ3n) is 3.23. The Labute approximate surface area is 99.3 Å². The van der Waals surface area contributed by atoms with Crippen molar-refractivity contribution in [1.29, 1.82) is 0 Å². The lowest BCUT2D eigenvalue weighted by molar-refractivity contribution is 0.418. The summed E-state index contributed by atoms with van der Waals surface area (Å²) in [5, 5.41) is 3.41. The third kappa shape index (κ3) is 1.96. The van der Waals surface area contributed by atoms with Crippen LogP contribution in [0.25, 0.3) is 0 Å². The van der Waals surface area contributed by atoms with E-state index in [1.165, 1.54) is 6.07 Å². The van der Waals surface area contributed by atoms with Crippen molar-refractivity contribution in [3.63, 3.8) is 0 Å². The lowest BCUT2D eigenvalue weighted by atomic mass is 10.0. The molecule has 0 fully saturated rings. The molecule has 1 unspecified atom stereocenters. The van der Waals surface area contributed by atoms with Gasteiger partial charge in [0.15, 0.2) is 0 Å². The van der Waals surface area contributed by atoms with Crippen LogP contribution in [0.5, 0.6) is 0 Å². The molecule has 1 aliphatic heterocycles. The lowest BCUT2D eigenvalue weighted by Gasteiger charge is -2.25. The average Bonchev–Trinajstić information content (AvgIpc) is 2.81. The van der Waals surface area contributed by atoms with Gasteiger partial charge in [0.2, 0.25) is 0 Å². The quantitative estimate of drug-likeness (QED) is 0.855. The molecular weight excluding hydrogens is 217 g/mol. The zero-order chi connectivity index (χ0) is 11.7. The number of halogens is 1. The van der Waals surface area contributed by atoms with Crippen molar-refractivity contribution < 1.29 is 4.39 Å². The van der Waals surface area contributed by atoms with Gasteiger partial charge in [-0.3, -0.25) is 0 Å². The molecule has 17 heavy (non-hydrogen) atoms. The van der Waals surface area contributed by atoms with Gasteiger partial charge in [-0.05, 0) is 18.1 Å². The van der Waals surface area contributed by atoms with E-state index in [-0.39, 0.29) is 11.9 Å². The molecule has 0 radical (unpaired) electrons. The Hall–Kier alpha value is -1.68. The molecule has 4 heteroatoms. The molecule has 88 valence electrons. The average molecular weight is 231 g/mol. The molecule has 3 nitrogen and oxygen atoms in total. The number of rotatable bonds is 2. The predicted octanol–water partition coefficient (Wildman–Crippen LogP) is 1.91. The largest absolute Gasteiger partial charge is 0.332 e. The molecule has 2 aromatic rings. The van der Waals surface area contributed by atoms with Crippen molar-refractivity contribution in [1.82, 2.24) is 14.9 Å². The zero-order valence-corrected chi connectivity index (χ0v) is 9.44. The smallest absolute Gasteiger partial charge is 0.126 e. The molecule has 0 amide bonds. The van der Waals surface area contributed by atoms with E-state index < -0.39 is 0 Å². The lowest BCUT2D eigenvalue weighted by Crippen LogP contribution is -2.34. The molecule has 0 aliphatic carbocycles. The summed E-state index contributed by atoms with van der Waals surface area (Å²) in [5.41, 5.74) is 1.89. The van der Waals surface area contributed by atoms with Crippen molar-refractivity contribution in [3.8, 4) is 0 Å². The number of fused-ring (bicyclic) bond motifs is 1. The van der Waals surface area contributed by atoms with Gasteiger partial charge in [-0.25, -0.2) is 9.37 Å². The fraction of sp³-hybridized carbons (Fsp3) is 0.308. The molecule has 1 aromatic heterocycles. The number of hydrogen-bond donors (Lipinski definition) is 1. The molecule has 2 heterocycles. The highest BCUT2D eigenvalue weighted by molar-refractivity contribution is 5.21. The van der Waals surface area contributed by atoms with Crippen LogP contribution in [0.3, 0.4) is 0 Å². The van der Waals surface area contributed by atoms with Gasteiger partial charge >= 0.3 is 0 Å². The van der Waals surface area contributed by atoms with Crippen LogP contribution < -0.4 is 5.32 Å². The molecule has 0 saturated heterocycles. The molecule has 0 bridgehead atoms. The van der Waals surface area contributed by atoms with Crippen LogP contribution in [0, 0.1) is 5.82 Å². The van der Waals surface area contributed by atoms with E-state index in [0.29, 0.717) is 6.42 Å². The Morgan fingerprint density at radius 2 is 2.29 bits per heavy atom. The Bertz CT molecular complexity index is 521. The van der Waals surface area contributed by atoms with E-state index in [9.17, 15) is 4.39 Å². The molecule has 3 rings (SSSR count). The minimum absolute atomic E-state index is 0.133. The standard InChI is InChI=1S/C13H14FN3/c14-11-4-2-1-3-10(11)7-12-13-8-15-9-17(13)6-5-16-12/h1-4,8-9,12,16H,5-7H2. The van der Waals surface area contributed by atoms with Crippen molar-refractivity contribution >= 4 is 0 Å².